The number of carbonyl (C=O) groups is 1. The smallest absolute Gasteiger partial charge is 0.237 e. The first-order valence-corrected chi connectivity index (χ1v) is 9.87. The highest BCUT2D eigenvalue weighted by molar-refractivity contribution is 8.00. The Morgan fingerprint density at radius 3 is 2.48 bits per heavy atom. The SMILES string of the molecule is CCn1c(S[C@H](C)C(=O)Nc2ccc(F)c(F)c2F)nnc1-c1ccc(Cl)cc1. The number of aromatic nitrogens is 3. The van der Waals surface area contributed by atoms with Gasteiger partial charge in [0.15, 0.2) is 28.4 Å². The minimum Gasteiger partial charge on any atom is -0.323 e. The number of halogens is 4. The van der Waals surface area contributed by atoms with Crippen LogP contribution in [0.5, 0.6) is 0 Å². The summed E-state index contributed by atoms with van der Waals surface area (Å²) in [5.74, 6) is -4.38. The second kappa shape index (κ2) is 8.87. The van der Waals surface area contributed by atoms with Crippen LogP contribution >= 0.6 is 23.4 Å². The molecular weight excluding hydrogens is 425 g/mol. The lowest BCUT2D eigenvalue weighted by Crippen LogP contribution is -2.23. The zero-order chi connectivity index (χ0) is 21.1. The Labute approximate surface area is 174 Å². The maximum Gasteiger partial charge on any atom is 0.237 e. The number of nitrogens with zero attached hydrogens (tertiary/aromatic N) is 3. The van der Waals surface area contributed by atoms with Crippen molar-refractivity contribution in [3.05, 3.63) is 58.9 Å². The van der Waals surface area contributed by atoms with Crippen molar-refractivity contribution < 1.29 is 18.0 Å². The number of amides is 1. The standard InChI is InChI=1S/C19H16ClF3N4OS/c1-3-27-17(11-4-6-12(20)7-5-11)25-26-19(27)29-10(2)18(28)24-14-9-8-13(21)15(22)16(14)23/h4-10H,3H2,1-2H3,(H,24,28)/t10-/m1/s1. The van der Waals surface area contributed by atoms with Crippen LogP contribution in [0.25, 0.3) is 11.4 Å². The van der Waals surface area contributed by atoms with E-state index in [9.17, 15) is 18.0 Å². The molecule has 0 aliphatic heterocycles. The van der Waals surface area contributed by atoms with Gasteiger partial charge in [-0.2, -0.15) is 0 Å². The van der Waals surface area contributed by atoms with Crippen LogP contribution in [0.4, 0.5) is 18.9 Å². The van der Waals surface area contributed by atoms with Gasteiger partial charge < -0.3 is 9.88 Å². The molecule has 1 atom stereocenters. The third-order valence-electron chi connectivity index (χ3n) is 4.08. The molecule has 5 nitrogen and oxygen atoms in total. The average Bonchev–Trinajstić information content (AvgIpc) is 3.11. The van der Waals surface area contributed by atoms with Gasteiger partial charge in [0.1, 0.15) is 0 Å². The molecule has 1 amide bonds. The summed E-state index contributed by atoms with van der Waals surface area (Å²) in [7, 11) is 0. The van der Waals surface area contributed by atoms with Gasteiger partial charge in [-0.05, 0) is 50.2 Å². The Bertz CT molecular complexity index is 1040. The van der Waals surface area contributed by atoms with E-state index in [0.29, 0.717) is 22.5 Å². The van der Waals surface area contributed by atoms with Crippen LogP contribution in [-0.4, -0.2) is 25.9 Å². The number of hydrogen-bond donors (Lipinski definition) is 1. The van der Waals surface area contributed by atoms with Gasteiger partial charge in [0, 0.05) is 17.1 Å². The Hall–Kier alpha value is -2.52. The van der Waals surface area contributed by atoms with Crippen molar-refractivity contribution in [3.63, 3.8) is 0 Å². The van der Waals surface area contributed by atoms with Gasteiger partial charge in [-0.15, -0.1) is 10.2 Å². The molecule has 3 aromatic rings. The van der Waals surface area contributed by atoms with E-state index in [2.05, 4.69) is 15.5 Å². The van der Waals surface area contributed by atoms with Crippen LogP contribution in [0.1, 0.15) is 13.8 Å². The fraction of sp³-hybridized carbons (Fsp3) is 0.211. The number of benzene rings is 2. The Kier molecular flexibility index (Phi) is 6.49. The summed E-state index contributed by atoms with van der Waals surface area (Å²) >= 11 is 7.03. The number of hydrogen-bond acceptors (Lipinski definition) is 4. The molecule has 2 aromatic carbocycles. The average molecular weight is 441 g/mol. The highest BCUT2D eigenvalue weighted by Gasteiger charge is 2.22. The summed E-state index contributed by atoms with van der Waals surface area (Å²) in [6, 6.07) is 8.83. The molecule has 0 aliphatic carbocycles. The molecule has 0 aliphatic rings. The number of rotatable bonds is 6. The van der Waals surface area contributed by atoms with Crippen molar-refractivity contribution in [2.24, 2.45) is 0 Å². The molecule has 0 radical (unpaired) electrons. The van der Waals surface area contributed by atoms with E-state index in [1.165, 1.54) is 0 Å². The molecule has 3 rings (SSSR count). The van der Waals surface area contributed by atoms with Crippen molar-refractivity contribution in [2.75, 3.05) is 5.32 Å². The fourth-order valence-electron chi connectivity index (χ4n) is 2.54. The molecule has 1 aromatic heterocycles. The van der Waals surface area contributed by atoms with Crippen LogP contribution in [0.2, 0.25) is 5.02 Å². The molecular formula is C19H16ClF3N4OS. The zero-order valence-corrected chi connectivity index (χ0v) is 17.0. The maximum absolute atomic E-state index is 13.8. The summed E-state index contributed by atoms with van der Waals surface area (Å²) in [5, 5.41) is 11.0. The van der Waals surface area contributed by atoms with Gasteiger partial charge >= 0.3 is 0 Å². The summed E-state index contributed by atoms with van der Waals surface area (Å²) in [5.41, 5.74) is 0.386. The van der Waals surface area contributed by atoms with E-state index in [1.807, 2.05) is 23.6 Å². The van der Waals surface area contributed by atoms with Gasteiger partial charge in [0.05, 0.1) is 10.9 Å². The van der Waals surface area contributed by atoms with Crippen molar-refractivity contribution in [1.29, 1.82) is 0 Å². The van der Waals surface area contributed by atoms with E-state index in [0.717, 1.165) is 29.5 Å². The van der Waals surface area contributed by atoms with Gasteiger partial charge in [-0.25, -0.2) is 13.2 Å². The van der Waals surface area contributed by atoms with Crippen molar-refractivity contribution in [2.45, 2.75) is 30.8 Å². The molecule has 1 N–H and O–H groups in total. The van der Waals surface area contributed by atoms with E-state index in [4.69, 9.17) is 11.6 Å². The van der Waals surface area contributed by atoms with Gasteiger partial charge in [-0.1, -0.05) is 23.4 Å². The lowest BCUT2D eigenvalue weighted by Gasteiger charge is -2.13. The second-order valence-corrected chi connectivity index (χ2v) is 7.77. The van der Waals surface area contributed by atoms with E-state index in [1.54, 1.807) is 19.1 Å². The van der Waals surface area contributed by atoms with E-state index < -0.39 is 34.3 Å². The minimum absolute atomic E-state index is 0.430. The van der Waals surface area contributed by atoms with Crippen molar-refractivity contribution in [3.8, 4) is 11.4 Å². The largest absolute Gasteiger partial charge is 0.323 e. The predicted octanol–water partition coefficient (Wildman–Crippen LogP) is 5.16. The fourth-order valence-corrected chi connectivity index (χ4v) is 3.58. The Morgan fingerprint density at radius 2 is 1.83 bits per heavy atom. The lowest BCUT2D eigenvalue weighted by atomic mass is 10.2. The van der Waals surface area contributed by atoms with Gasteiger partial charge in [-0.3, -0.25) is 4.79 Å². The maximum atomic E-state index is 13.8. The zero-order valence-electron chi connectivity index (χ0n) is 15.4. The normalized spacial score (nSPS) is 12.1. The summed E-state index contributed by atoms with van der Waals surface area (Å²) in [4.78, 5) is 12.4. The summed E-state index contributed by atoms with van der Waals surface area (Å²) in [6.07, 6.45) is 0. The molecule has 10 heteroatoms. The molecule has 0 unspecified atom stereocenters. The van der Waals surface area contributed by atoms with Crippen molar-refractivity contribution >= 4 is 35.0 Å². The third-order valence-corrected chi connectivity index (χ3v) is 5.41. The van der Waals surface area contributed by atoms with Gasteiger partial charge in [0.25, 0.3) is 0 Å². The van der Waals surface area contributed by atoms with E-state index in [-0.39, 0.29) is 0 Å². The summed E-state index contributed by atoms with van der Waals surface area (Å²) < 4.78 is 42.0. The van der Waals surface area contributed by atoms with Crippen molar-refractivity contribution in [1.82, 2.24) is 14.8 Å². The third kappa shape index (κ3) is 4.56. The van der Waals surface area contributed by atoms with Crippen LogP contribution in [0.3, 0.4) is 0 Å². The number of nitrogens with one attached hydrogen (secondary N) is 1. The van der Waals surface area contributed by atoms with Crippen LogP contribution < -0.4 is 5.32 Å². The Balaban J connectivity index is 1.77. The first-order chi connectivity index (χ1) is 13.8. The van der Waals surface area contributed by atoms with E-state index >= 15 is 0 Å². The van der Waals surface area contributed by atoms with Crippen LogP contribution in [-0.2, 0) is 11.3 Å². The molecule has 0 bridgehead atoms. The first kappa shape index (κ1) is 21.2. The lowest BCUT2D eigenvalue weighted by molar-refractivity contribution is -0.115. The number of thioether (sulfide) groups is 1. The highest BCUT2D eigenvalue weighted by atomic mass is 35.5. The highest BCUT2D eigenvalue weighted by Crippen LogP contribution is 2.28. The molecule has 0 saturated heterocycles. The van der Waals surface area contributed by atoms with Crippen LogP contribution in [0, 0.1) is 17.5 Å². The second-order valence-electron chi connectivity index (χ2n) is 6.03. The van der Waals surface area contributed by atoms with Crippen LogP contribution in [0.15, 0.2) is 41.6 Å². The Morgan fingerprint density at radius 1 is 1.14 bits per heavy atom. The topological polar surface area (TPSA) is 59.8 Å². The number of anilines is 1. The first-order valence-electron chi connectivity index (χ1n) is 8.62. The minimum atomic E-state index is -1.64. The molecule has 1 heterocycles. The predicted molar refractivity (Wildman–Crippen MR) is 106 cm³/mol. The molecule has 29 heavy (non-hydrogen) atoms. The molecule has 0 saturated carbocycles. The van der Waals surface area contributed by atoms with Gasteiger partial charge in [0.2, 0.25) is 5.91 Å². The molecule has 0 fully saturated rings. The molecule has 152 valence electrons. The molecule has 0 spiro atoms. The summed E-state index contributed by atoms with van der Waals surface area (Å²) in [6.45, 7) is 4.06. The quantitative estimate of drug-likeness (QED) is 0.425. The number of carbonyl (C=O) groups excluding carboxylic acids is 1. The monoisotopic (exact) mass is 440 g/mol.